The topological polar surface area (TPSA) is 117 Å². The fourth-order valence-corrected chi connectivity index (χ4v) is 4.17. The second kappa shape index (κ2) is 8.36. The van der Waals surface area contributed by atoms with Crippen molar-refractivity contribution in [1.29, 1.82) is 0 Å². The van der Waals surface area contributed by atoms with Gasteiger partial charge in [-0.3, -0.25) is 0 Å². The number of ether oxygens (including phenoxy) is 1. The Morgan fingerprint density at radius 1 is 1.25 bits per heavy atom. The van der Waals surface area contributed by atoms with Gasteiger partial charge in [-0.05, 0) is 0 Å². The first kappa shape index (κ1) is 20.4. The summed E-state index contributed by atoms with van der Waals surface area (Å²) in [5, 5.41) is 14.1. The van der Waals surface area contributed by atoms with Gasteiger partial charge >= 0.3 is 163 Å². The molecule has 0 bridgehead atoms. The van der Waals surface area contributed by atoms with E-state index in [-0.39, 0.29) is 15.8 Å². The van der Waals surface area contributed by atoms with Gasteiger partial charge in [-0.15, -0.1) is 0 Å². The molecule has 3 rings (SSSR count). The average Bonchev–Trinajstić information content (AvgIpc) is 3.46. The number of hydrogen-bond acceptors (Lipinski definition) is 6. The predicted molar refractivity (Wildman–Crippen MR) is 101 cm³/mol. The van der Waals surface area contributed by atoms with Gasteiger partial charge in [-0.2, -0.15) is 0 Å². The number of anilines is 3. The first-order chi connectivity index (χ1) is 13.3. The number of halogens is 1. The molecule has 28 heavy (non-hydrogen) atoms. The third kappa shape index (κ3) is 5.14. The van der Waals surface area contributed by atoms with Crippen molar-refractivity contribution in [2.24, 2.45) is 5.92 Å². The molecule has 2 aromatic carbocycles. The van der Waals surface area contributed by atoms with Gasteiger partial charge in [-0.1, -0.05) is 0 Å². The standard InChI is InChI=1S/C18H20AsFN2O6/c1-11(23)21-17-8-13(4-6-15(17)19(24,25)28-26)22-14-5-7-16(20)18(9-14)27-10-12-2-3-12/h4-9,12,22,26H,2-3,10H2,1H3,(H,21,23)(H,24,25). The molecule has 4 N–H and O–H groups in total. The van der Waals surface area contributed by atoms with Crippen molar-refractivity contribution in [1.82, 2.24) is 0 Å². The van der Waals surface area contributed by atoms with Gasteiger partial charge in [0.15, 0.2) is 0 Å². The number of amides is 1. The molecular weight excluding hydrogens is 434 g/mol. The Labute approximate surface area is 163 Å². The first-order valence-electron chi connectivity index (χ1n) is 8.56. The SMILES string of the molecule is CC(=O)Nc1cc(Nc2ccc(F)c(OCC3CC3)c2)ccc1[As](=O)(O)OO. The van der Waals surface area contributed by atoms with Crippen LogP contribution in [0.5, 0.6) is 5.75 Å². The average molecular weight is 454 g/mol. The van der Waals surface area contributed by atoms with E-state index in [1.54, 1.807) is 0 Å². The molecule has 0 aromatic heterocycles. The van der Waals surface area contributed by atoms with Crippen molar-refractivity contribution in [2.45, 2.75) is 19.8 Å². The summed E-state index contributed by atoms with van der Waals surface area (Å²) >= 11 is -5.19. The molecule has 1 aliphatic rings. The molecule has 2 aromatic rings. The van der Waals surface area contributed by atoms with Gasteiger partial charge < -0.3 is 0 Å². The molecule has 1 fully saturated rings. The van der Waals surface area contributed by atoms with E-state index in [1.165, 1.54) is 43.3 Å². The van der Waals surface area contributed by atoms with Crippen LogP contribution in [-0.4, -0.2) is 36.0 Å². The monoisotopic (exact) mass is 454 g/mol. The number of rotatable bonds is 8. The summed E-state index contributed by atoms with van der Waals surface area (Å²) in [7, 11) is 0. The summed E-state index contributed by atoms with van der Waals surface area (Å²) in [6.07, 6.45) is 2.18. The van der Waals surface area contributed by atoms with Crippen LogP contribution in [0.4, 0.5) is 21.5 Å². The molecule has 0 saturated heterocycles. The number of hydrogen-bond donors (Lipinski definition) is 4. The van der Waals surface area contributed by atoms with Crippen molar-refractivity contribution in [3.05, 3.63) is 42.2 Å². The van der Waals surface area contributed by atoms with Crippen molar-refractivity contribution in [3.8, 4) is 5.75 Å². The Balaban J connectivity index is 1.84. The Morgan fingerprint density at radius 3 is 2.57 bits per heavy atom. The molecule has 1 saturated carbocycles. The van der Waals surface area contributed by atoms with Crippen LogP contribution in [0.25, 0.3) is 0 Å². The zero-order valence-electron chi connectivity index (χ0n) is 15.0. The quantitative estimate of drug-likeness (QED) is 0.275. The van der Waals surface area contributed by atoms with Crippen LogP contribution in [0.15, 0.2) is 36.4 Å². The van der Waals surface area contributed by atoms with E-state index in [0.29, 0.717) is 23.9 Å². The van der Waals surface area contributed by atoms with Crippen LogP contribution in [0.1, 0.15) is 19.8 Å². The van der Waals surface area contributed by atoms with Crippen LogP contribution in [0.3, 0.4) is 0 Å². The molecule has 1 aliphatic carbocycles. The molecule has 1 unspecified atom stereocenters. The van der Waals surface area contributed by atoms with Crippen LogP contribution in [0.2, 0.25) is 0 Å². The van der Waals surface area contributed by atoms with Crippen molar-refractivity contribution in [2.75, 3.05) is 17.2 Å². The van der Waals surface area contributed by atoms with Crippen LogP contribution in [0, 0.1) is 11.7 Å². The molecule has 10 heteroatoms. The van der Waals surface area contributed by atoms with Crippen LogP contribution < -0.4 is 19.7 Å². The second-order valence-electron chi connectivity index (χ2n) is 6.54. The molecule has 0 spiro atoms. The van der Waals surface area contributed by atoms with Crippen molar-refractivity contribution < 1.29 is 30.9 Å². The summed E-state index contributed by atoms with van der Waals surface area (Å²) in [6.45, 7) is 1.71. The van der Waals surface area contributed by atoms with E-state index in [0.717, 1.165) is 12.8 Å². The molecule has 1 amide bonds. The Kier molecular flexibility index (Phi) is 6.10. The number of carbonyl (C=O) groups is 1. The van der Waals surface area contributed by atoms with Crippen molar-refractivity contribution in [3.63, 3.8) is 0 Å². The van der Waals surface area contributed by atoms with Crippen LogP contribution in [-0.2, 0) is 12.4 Å². The summed E-state index contributed by atoms with van der Waals surface area (Å²) in [6, 6.07) is 8.45. The van der Waals surface area contributed by atoms with Gasteiger partial charge in [0.2, 0.25) is 0 Å². The molecule has 0 heterocycles. The molecular formula is C18H20AsFN2O6. The normalized spacial score (nSPS) is 15.6. The molecule has 150 valence electrons. The van der Waals surface area contributed by atoms with E-state index < -0.39 is 25.9 Å². The number of carbonyl (C=O) groups excluding carboxylic acids is 1. The van der Waals surface area contributed by atoms with Gasteiger partial charge in [0.1, 0.15) is 0 Å². The maximum absolute atomic E-state index is 13.9. The minimum atomic E-state index is -5.19. The van der Waals surface area contributed by atoms with E-state index in [1.807, 2.05) is 0 Å². The molecule has 1 atom stereocenters. The number of benzene rings is 2. The Hall–Kier alpha value is -2.32. The van der Waals surface area contributed by atoms with Crippen LogP contribution >= 0.6 is 0 Å². The van der Waals surface area contributed by atoms with E-state index in [4.69, 9.17) is 9.99 Å². The third-order valence-corrected chi connectivity index (χ3v) is 6.67. The van der Waals surface area contributed by atoms with Gasteiger partial charge in [0.05, 0.1) is 0 Å². The summed E-state index contributed by atoms with van der Waals surface area (Å²) in [4.78, 5) is 11.4. The van der Waals surface area contributed by atoms with E-state index in [2.05, 4.69) is 14.5 Å². The van der Waals surface area contributed by atoms with Crippen molar-refractivity contribution >= 4 is 41.5 Å². The molecule has 0 radical (unpaired) electrons. The zero-order valence-corrected chi connectivity index (χ0v) is 16.9. The van der Waals surface area contributed by atoms with Gasteiger partial charge in [0.25, 0.3) is 0 Å². The fraction of sp³-hybridized carbons (Fsp3) is 0.278. The molecule has 8 nitrogen and oxygen atoms in total. The minimum absolute atomic E-state index is 0.0175. The Morgan fingerprint density at radius 2 is 1.93 bits per heavy atom. The zero-order chi connectivity index (χ0) is 20.3. The first-order valence-corrected chi connectivity index (χ1v) is 11.9. The summed E-state index contributed by atoms with van der Waals surface area (Å²) < 4.78 is 44.7. The fourth-order valence-electron chi connectivity index (χ4n) is 2.54. The van der Waals surface area contributed by atoms with E-state index >= 15 is 0 Å². The summed E-state index contributed by atoms with van der Waals surface area (Å²) in [5.74, 6) is -0.324. The van der Waals surface area contributed by atoms with Gasteiger partial charge in [0, 0.05) is 0 Å². The van der Waals surface area contributed by atoms with Gasteiger partial charge in [-0.25, -0.2) is 0 Å². The summed E-state index contributed by atoms with van der Waals surface area (Å²) in [5.41, 5.74) is 1.01. The third-order valence-electron chi connectivity index (χ3n) is 4.11. The predicted octanol–water partition coefficient (Wildman–Crippen LogP) is 2.37. The second-order valence-corrected chi connectivity index (χ2v) is 10.1. The maximum atomic E-state index is 13.9. The molecule has 0 aliphatic heterocycles. The van der Waals surface area contributed by atoms with E-state index in [9.17, 15) is 17.0 Å². The Bertz CT molecular complexity index is 934. The number of nitrogens with one attached hydrogen (secondary N) is 2.